The van der Waals surface area contributed by atoms with E-state index in [0.29, 0.717) is 0 Å². The molecule has 0 spiro atoms. The SMILES string of the molecule is CCC1=C(CC)S(=O)C=CC1. The van der Waals surface area contributed by atoms with Gasteiger partial charge in [0.2, 0.25) is 0 Å². The molecule has 0 saturated carbocycles. The van der Waals surface area contributed by atoms with E-state index in [1.165, 1.54) is 5.57 Å². The average Bonchev–Trinajstić information content (AvgIpc) is 2.04. The van der Waals surface area contributed by atoms with Crippen molar-refractivity contribution in [3.8, 4) is 0 Å². The van der Waals surface area contributed by atoms with Crippen LogP contribution in [0.25, 0.3) is 0 Å². The van der Waals surface area contributed by atoms with Crippen molar-refractivity contribution in [3.63, 3.8) is 0 Å². The molecule has 1 nitrogen and oxygen atoms in total. The largest absolute Gasteiger partial charge is 0.250 e. The standard InChI is InChI=1S/C9H14OS/c1-3-8-6-5-7-11(10)9(8)4-2/h5,7H,3-4,6H2,1-2H3. The highest BCUT2D eigenvalue weighted by Crippen LogP contribution is 2.24. The van der Waals surface area contributed by atoms with Gasteiger partial charge in [-0.2, -0.15) is 0 Å². The summed E-state index contributed by atoms with van der Waals surface area (Å²) < 4.78 is 11.4. The van der Waals surface area contributed by atoms with Crippen molar-refractivity contribution in [3.05, 3.63) is 22.0 Å². The van der Waals surface area contributed by atoms with Gasteiger partial charge in [-0.1, -0.05) is 25.5 Å². The second kappa shape index (κ2) is 3.86. The van der Waals surface area contributed by atoms with Crippen molar-refractivity contribution in [2.45, 2.75) is 33.1 Å². The smallest absolute Gasteiger partial charge is 0.0731 e. The second-order valence-corrected chi connectivity index (χ2v) is 3.97. The fraction of sp³-hybridized carbons (Fsp3) is 0.556. The van der Waals surface area contributed by atoms with E-state index in [1.54, 1.807) is 5.41 Å². The molecule has 1 rings (SSSR count). The Labute approximate surface area is 70.6 Å². The zero-order valence-electron chi connectivity index (χ0n) is 7.09. The summed E-state index contributed by atoms with van der Waals surface area (Å²) in [6, 6.07) is 0. The third-order valence-corrected chi connectivity index (χ3v) is 3.47. The van der Waals surface area contributed by atoms with Crippen molar-refractivity contribution in [2.75, 3.05) is 0 Å². The summed E-state index contributed by atoms with van der Waals surface area (Å²) in [5.74, 6) is 0. The van der Waals surface area contributed by atoms with Crippen LogP contribution < -0.4 is 0 Å². The lowest BCUT2D eigenvalue weighted by molar-refractivity contribution is 0.689. The normalized spacial score (nSPS) is 24.4. The minimum atomic E-state index is -0.809. The summed E-state index contributed by atoms with van der Waals surface area (Å²) in [6.45, 7) is 4.20. The molecule has 0 bridgehead atoms. The lowest BCUT2D eigenvalue weighted by atomic mass is 10.1. The van der Waals surface area contributed by atoms with Gasteiger partial charge in [0.05, 0.1) is 10.8 Å². The van der Waals surface area contributed by atoms with Gasteiger partial charge >= 0.3 is 0 Å². The first-order valence-corrected chi connectivity index (χ1v) is 5.29. The predicted octanol–water partition coefficient (Wildman–Crippen LogP) is 2.73. The molecule has 0 radical (unpaired) electrons. The van der Waals surface area contributed by atoms with E-state index >= 15 is 0 Å². The first-order valence-electron chi connectivity index (χ1n) is 4.07. The Morgan fingerprint density at radius 1 is 1.45 bits per heavy atom. The van der Waals surface area contributed by atoms with E-state index in [4.69, 9.17) is 0 Å². The van der Waals surface area contributed by atoms with Crippen LogP contribution in [0.15, 0.2) is 22.0 Å². The van der Waals surface area contributed by atoms with Gasteiger partial charge in [0.25, 0.3) is 0 Å². The Hall–Kier alpha value is -0.370. The van der Waals surface area contributed by atoms with Gasteiger partial charge < -0.3 is 0 Å². The summed E-state index contributed by atoms with van der Waals surface area (Å²) in [7, 11) is -0.809. The maximum absolute atomic E-state index is 11.4. The molecule has 1 unspecified atom stereocenters. The van der Waals surface area contributed by atoms with Crippen LogP contribution in [0.5, 0.6) is 0 Å². The van der Waals surface area contributed by atoms with Crippen LogP contribution in [-0.4, -0.2) is 4.21 Å². The molecule has 0 aromatic rings. The van der Waals surface area contributed by atoms with Gasteiger partial charge in [0.1, 0.15) is 0 Å². The number of hydrogen-bond acceptors (Lipinski definition) is 1. The maximum atomic E-state index is 11.4. The fourth-order valence-corrected chi connectivity index (χ4v) is 2.58. The first-order chi connectivity index (χ1) is 5.29. The van der Waals surface area contributed by atoms with E-state index in [-0.39, 0.29) is 0 Å². The van der Waals surface area contributed by atoms with Gasteiger partial charge in [-0.15, -0.1) is 0 Å². The Balaban J connectivity index is 2.90. The topological polar surface area (TPSA) is 17.1 Å². The van der Waals surface area contributed by atoms with Gasteiger partial charge in [-0.3, -0.25) is 4.21 Å². The third-order valence-electron chi connectivity index (χ3n) is 1.97. The van der Waals surface area contributed by atoms with Crippen molar-refractivity contribution >= 4 is 10.8 Å². The summed E-state index contributed by atoms with van der Waals surface area (Å²) in [4.78, 5) is 1.15. The summed E-state index contributed by atoms with van der Waals surface area (Å²) in [5, 5.41) is 1.80. The average molecular weight is 170 g/mol. The molecule has 0 amide bonds. The van der Waals surface area contributed by atoms with Crippen molar-refractivity contribution in [2.24, 2.45) is 0 Å². The Morgan fingerprint density at radius 2 is 2.18 bits per heavy atom. The van der Waals surface area contributed by atoms with Gasteiger partial charge in [-0.25, -0.2) is 0 Å². The quantitative estimate of drug-likeness (QED) is 0.622. The van der Waals surface area contributed by atoms with Gasteiger partial charge in [-0.05, 0) is 19.3 Å². The number of allylic oxidation sites excluding steroid dienone is 3. The lowest BCUT2D eigenvalue weighted by Crippen LogP contribution is -2.00. The Bertz CT molecular complexity index is 226. The number of rotatable bonds is 2. The zero-order chi connectivity index (χ0) is 8.27. The minimum Gasteiger partial charge on any atom is -0.250 e. The third kappa shape index (κ3) is 1.80. The zero-order valence-corrected chi connectivity index (χ0v) is 7.91. The van der Waals surface area contributed by atoms with E-state index in [0.717, 1.165) is 24.2 Å². The molecular weight excluding hydrogens is 156 g/mol. The molecule has 1 aliphatic heterocycles. The van der Waals surface area contributed by atoms with Crippen LogP contribution in [-0.2, 0) is 10.8 Å². The van der Waals surface area contributed by atoms with E-state index in [1.807, 2.05) is 6.08 Å². The monoisotopic (exact) mass is 170 g/mol. The highest BCUT2D eigenvalue weighted by Gasteiger charge is 2.11. The summed E-state index contributed by atoms with van der Waals surface area (Å²) in [5.41, 5.74) is 1.37. The van der Waals surface area contributed by atoms with Gasteiger partial charge in [0, 0.05) is 10.3 Å². The molecule has 0 aromatic heterocycles. The van der Waals surface area contributed by atoms with E-state index in [2.05, 4.69) is 13.8 Å². The Kier molecular flexibility index (Phi) is 3.06. The fourth-order valence-electron chi connectivity index (χ4n) is 1.35. The molecule has 1 atom stereocenters. The Morgan fingerprint density at radius 3 is 2.64 bits per heavy atom. The van der Waals surface area contributed by atoms with Crippen molar-refractivity contribution in [1.82, 2.24) is 0 Å². The van der Waals surface area contributed by atoms with Crippen LogP contribution in [0.1, 0.15) is 33.1 Å². The molecule has 0 fully saturated rings. The first kappa shape index (κ1) is 8.72. The highest BCUT2D eigenvalue weighted by atomic mass is 32.2. The predicted molar refractivity (Wildman–Crippen MR) is 49.5 cm³/mol. The molecule has 11 heavy (non-hydrogen) atoms. The van der Waals surface area contributed by atoms with Crippen molar-refractivity contribution < 1.29 is 4.21 Å². The molecule has 0 aromatic carbocycles. The summed E-state index contributed by atoms with van der Waals surface area (Å²) >= 11 is 0. The van der Waals surface area contributed by atoms with Crippen LogP contribution in [0, 0.1) is 0 Å². The second-order valence-electron chi connectivity index (χ2n) is 2.61. The molecule has 0 N–H and O–H groups in total. The van der Waals surface area contributed by atoms with Crippen LogP contribution in [0.4, 0.5) is 0 Å². The number of hydrogen-bond donors (Lipinski definition) is 0. The highest BCUT2D eigenvalue weighted by molar-refractivity contribution is 7.91. The molecule has 2 heteroatoms. The van der Waals surface area contributed by atoms with Crippen molar-refractivity contribution in [1.29, 1.82) is 0 Å². The molecule has 0 aliphatic carbocycles. The van der Waals surface area contributed by atoms with Crippen LogP contribution in [0.3, 0.4) is 0 Å². The molecule has 0 saturated heterocycles. The van der Waals surface area contributed by atoms with Crippen LogP contribution in [0.2, 0.25) is 0 Å². The molecule has 1 heterocycles. The molecular formula is C9H14OS. The summed E-state index contributed by atoms with van der Waals surface area (Å²) in [6.07, 6.45) is 4.99. The minimum absolute atomic E-state index is 0.809. The maximum Gasteiger partial charge on any atom is 0.0731 e. The molecule has 62 valence electrons. The molecule has 1 aliphatic rings. The van der Waals surface area contributed by atoms with Gasteiger partial charge in [0.15, 0.2) is 0 Å². The van der Waals surface area contributed by atoms with E-state index in [9.17, 15) is 4.21 Å². The lowest BCUT2D eigenvalue weighted by Gasteiger charge is -2.12. The van der Waals surface area contributed by atoms with Crippen LogP contribution >= 0.6 is 0 Å². The van der Waals surface area contributed by atoms with E-state index < -0.39 is 10.8 Å².